The third-order valence-electron chi connectivity index (χ3n) is 3.76. The van der Waals surface area contributed by atoms with Crippen molar-refractivity contribution >= 4 is 11.6 Å². The van der Waals surface area contributed by atoms with Crippen molar-refractivity contribution in [3.05, 3.63) is 75.7 Å². The standard InChI is InChI=1S/C18H16N4O4/c1-11-5-3-6-13(9-11)16-20-18(26-21-16)12(2)19-17(23)14-7-4-8-15(10-14)22(24)25/h3-10,12H,1-2H3,(H,19,23). The van der Waals surface area contributed by atoms with Gasteiger partial charge in [0.15, 0.2) is 0 Å². The molecule has 0 aliphatic carbocycles. The third kappa shape index (κ3) is 3.75. The fourth-order valence-electron chi connectivity index (χ4n) is 2.41. The van der Waals surface area contributed by atoms with Gasteiger partial charge in [-0.15, -0.1) is 0 Å². The Bertz CT molecular complexity index is 967. The second kappa shape index (κ2) is 7.14. The largest absolute Gasteiger partial charge is 0.341 e. The number of carbonyl (C=O) groups excluding carboxylic acids is 1. The normalized spacial score (nSPS) is 11.8. The van der Waals surface area contributed by atoms with E-state index in [1.807, 2.05) is 31.2 Å². The van der Waals surface area contributed by atoms with Gasteiger partial charge in [-0.3, -0.25) is 14.9 Å². The zero-order valence-corrected chi connectivity index (χ0v) is 14.2. The Balaban J connectivity index is 1.74. The summed E-state index contributed by atoms with van der Waals surface area (Å²) in [7, 11) is 0. The number of hydrogen-bond donors (Lipinski definition) is 1. The molecule has 0 saturated carbocycles. The van der Waals surface area contributed by atoms with Crippen molar-refractivity contribution in [1.82, 2.24) is 15.5 Å². The summed E-state index contributed by atoms with van der Waals surface area (Å²) in [6.07, 6.45) is 0. The minimum absolute atomic E-state index is 0.148. The number of nitro benzene ring substituents is 1. The predicted molar refractivity (Wildman–Crippen MR) is 93.4 cm³/mol. The molecule has 2 aromatic carbocycles. The van der Waals surface area contributed by atoms with E-state index >= 15 is 0 Å². The molecule has 0 spiro atoms. The quantitative estimate of drug-likeness (QED) is 0.556. The average Bonchev–Trinajstić information content (AvgIpc) is 3.12. The van der Waals surface area contributed by atoms with Crippen LogP contribution in [0.15, 0.2) is 53.1 Å². The highest BCUT2D eigenvalue weighted by Crippen LogP contribution is 2.20. The number of nitrogens with zero attached hydrogens (tertiary/aromatic N) is 3. The van der Waals surface area contributed by atoms with Crippen LogP contribution in [-0.2, 0) is 0 Å². The minimum atomic E-state index is -0.549. The molecule has 1 aromatic heterocycles. The van der Waals surface area contributed by atoms with Crippen LogP contribution in [0.5, 0.6) is 0 Å². The fourth-order valence-corrected chi connectivity index (χ4v) is 2.41. The highest BCUT2D eigenvalue weighted by Gasteiger charge is 2.19. The predicted octanol–water partition coefficient (Wildman–Crippen LogP) is 3.44. The van der Waals surface area contributed by atoms with Crippen LogP contribution in [0.25, 0.3) is 11.4 Å². The van der Waals surface area contributed by atoms with Crippen molar-refractivity contribution < 1.29 is 14.2 Å². The first-order valence-electron chi connectivity index (χ1n) is 7.90. The molecule has 26 heavy (non-hydrogen) atoms. The summed E-state index contributed by atoms with van der Waals surface area (Å²) in [5, 5.41) is 17.5. The lowest BCUT2D eigenvalue weighted by atomic mass is 10.1. The highest BCUT2D eigenvalue weighted by atomic mass is 16.6. The van der Waals surface area contributed by atoms with Crippen LogP contribution in [0.1, 0.15) is 34.8 Å². The van der Waals surface area contributed by atoms with Gasteiger partial charge in [-0.2, -0.15) is 4.98 Å². The van der Waals surface area contributed by atoms with Crippen LogP contribution in [0.4, 0.5) is 5.69 Å². The molecule has 8 nitrogen and oxygen atoms in total. The molecule has 8 heteroatoms. The molecule has 1 N–H and O–H groups in total. The summed E-state index contributed by atoms with van der Waals surface area (Å²) in [5.41, 5.74) is 1.92. The van der Waals surface area contributed by atoms with Crippen LogP contribution in [0.2, 0.25) is 0 Å². The van der Waals surface area contributed by atoms with E-state index < -0.39 is 16.9 Å². The molecule has 1 unspecified atom stereocenters. The fraction of sp³-hybridized carbons (Fsp3) is 0.167. The zero-order chi connectivity index (χ0) is 18.7. The Kier molecular flexibility index (Phi) is 4.74. The first-order chi connectivity index (χ1) is 12.4. The van der Waals surface area contributed by atoms with Crippen molar-refractivity contribution in [2.45, 2.75) is 19.9 Å². The molecule has 0 aliphatic rings. The monoisotopic (exact) mass is 352 g/mol. The number of nitrogens with one attached hydrogen (secondary N) is 1. The molecule has 1 amide bonds. The zero-order valence-electron chi connectivity index (χ0n) is 14.2. The SMILES string of the molecule is Cc1cccc(-c2noc(C(C)NC(=O)c3cccc([N+](=O)[O-])c3)n2)c1. The summed E-state index contributed by atoms with van der Waals surface area (Å²) < 4.78 is 5.24. The van der Waals surface area contributed by atoms with E-state index in [1.165, 1.54) is 24.3 Å². The number of aromatic nitrogens is 2. The van der Waals surface area contributed by atoms with Gasteiger partial charge in [0.1, 0.15) is 6.04 Å². The number of aryl methyl sites for hydroxylation is 1. The van der Waals surface area contributed by atoms with Gasteiger partial charge in [0.2, 0.25) is 11.7 Å². The number of nitro groups is 1. The van der Waals surface area contributed by atoms with E-state index in [-0.39, 0.29) is 17.1 Å². The van der Waals surface area contributed by atoms with Gasteiger partial charge in [-0.25, -0.2) is 0 Å². The van der Waals surface area contributed by atoms with Crippen molar-refractivity contribution in [3.8, 4) is 11.4 Å². The number of amides is 1. The van der Waals surface area contributed by atoms with Crippen LogP contribution in [0, 0.1) is 17.0 Å². The number of rotatable bonds is 5. The van der Waals surface area contributed by atoms with E-state index in [0.29, 0.717) is 5.82 Å². The van der Waals surface area contributed by atoms with Gasteiger partial charge in [-0.05, 0) is 26.0 Å². The molecule has 1 heterocycles. The molecule has 132 valence electrons. The Morgan fingerprint density at radius 1 is 1.23 bits per heavy atom. The molecule has 0 bridgehead atoms. The molecule has 3 rings (SSSR count). The number of benzene rings is 2. The van der Waals surface area contributed by atoms with Gasteiger partial charge >= 0.3 is 0 Å². The molecule has 0 fully saturated rings. The van der Waals surface area contributed by atoms with Gasteiger partial charge in [0.05, 0.1) is 4.92 Å². The van der Waals surface area contributed by atoms with E-state index in [2.05, 4.69) is 15.5 Å². The van der Waals surface area contributed by atoms with Crippen molar-refractivity contribution in [2.75, 3.05) is 0 Å². The van der Waals surface area contributed by atoms with Crippen LogP contribution < -0.4 is 5.32 Å². The molecular weight excluding hydrogens is 336 g/mol. The average molecular weight is 352 g/mol. The Morgan fingerprint density at radius 3 is 2.73 bits per heavy atom. The lowest BCUT2D eigenvalue weighted by Gasteiger charge is -2.09. The first-order valence-corrected chi connectivity index (χ1v) is 7.90. The number of hydrogen-bond acceptors (Lipinski definition) is 6. The van der Waals surface area contributed by atoms with E-state index in [4.69, 9.17) is 4.52 Å². The Morgan fingerprint density at radius 2 is 2.00 bits per heavy atom. The van der Waals surface area contributed by atoms with E-state index in [9.17, 15) is 14.9 Å². The molecule has 0 aliphatic heterocycles. The van der Waals surface area contributed by atoms with Crippen molar-refractivity contribution in [2.24, 2.45) is 0 Å². The van der Waals surface area contributed by atoms with E-state index in [1.54, 1.807) is 6.92 Å². The van der Waals surface area contributed by atoms with Gasteiger partial charge < -0.3 is 9.84 Å². The summed E-state index contributed by atoms with van der Waals surface area (Å²) in [6, 6.07) is 12.6. The Labute approximate surface area is 149 Å². The second-order valence-corrected chi connectivity index (χ2v) is 5.83. The Hall–Kier alpha value is -3.55. The summed E-state index contributed by atoms with van der Waals surface area (Å²) >= 11 is 0. The van der Waals surface area contributed by atoms with Gasteiger partial charge in [0.25, 0.3) is 11.6 Å². The van der Waals surface area contributed by atoms with Crippen molar-refractivity contribution in [3.63, 3.8) is 0 Å². The second-order valence-electron chi connectivity index (χ2n) is 5.83. The van der Waals surface area contributed by atoms with Crippen molar-refractivity contribution in [1.29, 1.82) is 0 Å². The molecule has 0 saturated heterocycles. The van der Waals surface area contributed by atoms with Gasteiger partial charge in [-0.1, -0.05) is 35.0 Å². The first kappa shape index (κ1) is 17.3. The number of non-ortho nitro benzene ring substituents is 1. The smallest absolute Gasteiger partial charge is 0.270 e. The lowest BCUT2D eigenvalue weighted by Crippen LogP contribution is -2.26. The summed E-state index contributed by atoms with van der Waals surface area (Å²) in [4.78, 5) is 26.9. The maximum atomic E-state index is 12.3. The summed E-state index contributed by atoms with van der Waals surface area (Å²) in [6.45, 7) is 3.66. The van der Waals surface area contributed by atoms with Gasteiger partial charge in [0, 0.05) is 23.3 Å². The highest BCUT2D eigenvalue weighted by molar-refractivity contribution is 5.95. The molecule has 0 radical (unpaired) electrons. The molecule has 1 atom stereocenters. The lowest BCUT2D eigenvalue weighted by molar-refractivity contribution is -0.384. The molecular formula is C18H16N4O4. The minimum Gasteiger partial charge on any atom is -0.341 e. The summed E-state index contributed by atoms with van der Waals surface area (Å²) in [5.74, 6) is 0.219. The van der Waals surface area contributed by atoms with Crippen LogP contribution in [0.3, 0.4) is 0 Å². The third-order valence-corrected chi connectivity index (χ3v) is 3.76. The maximum absolute atomic E-state index is 12.3. The maximum Gasteiger partial charge on any atom is 0.270 e. The number of carbonyl (C=O) groups is 1. The molecule has 3 aromatic rings. The van der Waals surface area contributed by atoms with Crippen LogP contribution >= 0.6 is 0 Å². The van der Waals surface area contributed by atoms with Crippen LogP contribution in [-0.4, -0.2) is 21.0 Å². The van der Waals surface area contributed by atoms with E-state index in [0.717, 1.165) is 11.1 Å². The topological polar surface area (TPSA) is 111 Å².